The number of fused-ring (bicyclic) bond motifs is 5. The standard InChI is InChI=1S/C42H60N4O6S2/c1-5-6-7-8-18-44-26-52-39-30-10-9-11-35-28(14-17-38(49)40(35)50-4)12-15-33(47)21-34(48)16-13-29(19-30)36-20-31(23-51-41(36)39)32-22-45-42(43)46-37(27(2)3)25-54-53-24-32/h14,17,19,27,31-32,34,37,44,48-49H,5-8,10,12-13,15-16,18,20-26H2,1-4H3,(H3,43,45,46)/t31-,32-,34-,37+/m1/s1. The number of unbranched alkanes of at least 4 members (excludes halogenated alkanes) is 3. The first-order chi connectivity index (χ1) is 26.2. The highest BCUT2D eigenvalue weighted by molar-refractivity contribution is 8.76. The second-order valence-electron chi connectivity index (χ2n) is 15.1. The van der Waals surface area contributed by atoms with Gasteiger partial charge in [-0.3, -0.25) is 15.1 Å². The predicted molar refractivity (Wildman–Crippen MR) is 221 cm³/mol. The molecular formula is C42H60N4O6S2. The van der Waals surface area contributed by atoms with E-state index in [2.05, 4.69) is 49.3 Å². The van der Waals surface area contributed by atoms with Gasteiger partial charge in [-0.25, -0.2) is 0 Å². The van der Waals surface area contributed by atoms with Crippen molar-refractivity contribution < 1.29 is 29.2 Å². The highest BCUT2D eigenvalue weighted by Gasteiger charge is 2.33. The molecule has 0 aromatic heterocycles. The molecule has 0 amide bonds. The van der Waals surface area contributed by atoms with Gasteiger partial charge in [0.15, 0.2) is 29.0 Å². The van der Waals surface area contributed by atoms with Gasteiger partial charge in [0.05, 0.1) is 25.4 Å². The van der Waals surface area contributed by atoms with E-state index in [1.807, 2.05) is 21.6 Å². The van der Waals surface area contributed by atoms with Crippen molar-refractivity contribution in [1.82, 2.24) is 10.6 Å². The van der Waals surface area contributed by atoms with Gasteiger partial charge in [-0.05, 0) is 67.7 Å². The van der Waals surface area contributed by atoms with Crippen LogP contribution in [0.1, 0.15) is 93.5 Å². The number of hydrogen-bond acceptors (Lipinski definition) is 12. The minimum atomic E-state index is -0.772. The summed E-state index contributed by atoms with van der Waals surface area (Å²) < 4.78 is 18.9. The Morgan fingerprint density at radius 2 is 1.91 bits per heavy atom. The van der Waals surface area contributed by atoms with Crippen molar-refractivity contribution in [1.29, 1.82) is 0 Å². The lowest BCUT2D eigenvalue weighted by Gasteiger charge is -2.34. The van der Waals surface area contributed by atoms with Crippen molar-refractivity contribution in [2.24, 2.45) is 28.5 Å². The third kappa shape index (κ3) is 11.6. The van der Waals surface area contributed by atoms with E-state index in [9.17, 15) is 15.0 Å². The van der Waals surface area contributed by atoms with E-state index in [4.69, 9.17) is 24.9 Å². The minimum absolute atomic E-state index is 0.00451. The number of phenols is 1. The van der Waals surface area contributed by atoms with Crippen LogP contribution < -0.4 is 30.6 Å². The maximum Gasteiger partial charge on any atom is 0.188 e. The fourth-order valence-corrected chi connectivity index (χ4v) is 10.2. The van der Waals surface area contributed by atoms with E-state index in [0.717, 1.165) is 58.9 Å². The lowest BCUT2D eigenvalue weighted by molar-refractivity contribution is -0.121. The molecule has 2 aromatic rings. The molecule has 0 saturated heterocycles. The maximum absolute atomic E-state index is 13.1. The molecule has 0 saturated carbocycles. The number of nitrogens with one attached hydrogen (secondary N) is 2. The van der Waals surface area contributed by atoms with Gasteiger partial charge < -0.3 is 35.5 Å². The number of aliphatic imine (C=N–C) groups is 1. The van der Waals surface area contributed by atoms with Crippen LogP contribution in [0, 0.1) is 29.6 Å². The number of aryl methyl sites for hydroxylation is 2. The van der Waals surface area contributed by atoms with Crippen LogP contribution in [0.3, 0.4) is 0 Å². The van der Waals surface area contributed by atoms with Crippen LogP contribution in [-0.4, -0.2) is 79.1 Å². The molecular weight excluding hydrogens is 721 g/mol. The summed E-state index contributed by atoms with van der Waals surface area (Å²) in [6.07, 6.45) is 6.87. The Bertz CT molecular complexity index is 1660. The van der Waals surface area contributed by atoms with Crippen LogP contribution in [0.15, 0.2) is 23.2 Å². The molecule has 2 heterocycles. The maximum atomic E-state index is 13.1. The highest BCUT2D eigenvalue weighted by Crippen LogP contribution is 2.44. The molecule has 1 aliphatic carbocycles. The molecule has 4 atom stereocenters. The smallest absolute Gasteiger partial charge is 0.188 e. The van der Waals surface area contributed by atoms with Gasteiger partial charge in [0.25, 0.3) is 0 Å². The number of ether oxygens (including phenoxy) is 3. The summed E-state index contributed by atoms with van der Waals surface area (Å²) in [5, 5.41) is 28.6. The summed E-state index contributed by atoms with van der Waals surface area (Å²) in [6, 6.07) is 5.80. The molecule has 2 aliphatic heterocycles. The summed E-state index contributed by atoms with van der Waals surface area (Å²) in [4.78, 5) is 17.9. The second-order valence-corrected chi connectivity index (χ2v) is 17.6. The number of aromatic hydroxyl groups is 1. The molecule has 0 unspecified atom stereocenters. The molecule has 0 spiro atoms. The lowest BCUT2D eigenvalue weighted by atomic mass is 9.82. The molecule has 5 rings (SSSR count). The summed E-state index contributed by atoms with van der Waals surface area (Å²) in [7, 11) is 5.29. The van der Waals surface area contributed by atoms with Crippen molar-refractivity contribution in [3.63, 3.8) is 0 Å². The van der Waals surface area contributed by atoms with E-state index < -0.39 is 6.10 Å². The Labute approximate surface area is 329 Å². The molecule has 54 heavy (non-hydrogen) atoms. The van der Waals surface area contributed by atoms with Crippen LogP contribution in [-0.2, 0) is 30.5 Å². The molecule has 2 aromatic carbocycles. The van der Waals surface area contributed by atoms with Gasteiger partial charge in [-0.1, -0.05) is 85.6 Å². The van der Waals surface area contributed by atoms with E-state index in [1.54, 1.807) is 12.1 Å². The Balaban J connectivity index is 1.50. The lowest BCUT2D eigenvalue weighted by Crippen LogP contribution is -2.45. The van der Waals surface area contributed by atoms with Crippen molar-refractivity contribution in [3.8, 4) is 34.8 Å². The first-order valence-corrected chi connectivity index (χ1v) is 22.2. The Hall–Kier alpha value is -3.24. The van der Waals surface area contributed by atoms with Crippen LogP contribution in [0.4, 0.5) is 0 Å². The number of nitrogens with two attached hydrogens (primary N) is 1. The molecule has 12 heteroatoms. The normalized spacial score (nSPS) is 22.5. The van der Waals surface area contributed by atoms with E-state index in [1.165, 1.54) is 26.4 Å². The average molecular weight is 781 g/mol. The molecule has 2 bridgehead atoms. The molecule has 6 N–H and O–H groups in total. The quantitative estimate of drug-likeness (QED) is 0.0770. The van der Waals surface area contributed by atoms with Crippen LogP contribution >= 0.6 is 21.6 Å². The SMILES string of the molecule is CCCCCCNCOc1c2cc(c3c1OC[C@H]([C@@H]1CN=C(N)N[C@H](C(C)C)CSSC1)C3)CC[C@@H](O)CC(=O)CCc1ccc(O)c(OC)c1C#CC2. The minimum Gasteiger partial charge on any atom is -0.504 e. The first-order valence-electron chi connectivity index (χ1n) is 19.7. The van der Waals surface area contributed by atoms with Crippen molar-refractivity contribution >= 4 is 33.3 Å². The number of carbonyl (C=O) groups is 1. The number of nitrogens with zero attached hydrogens (tertiary/aromatic N) is 1. The van der Waals surface area contributed by atoms with Crippen molar-refractivity contribution in [2.75, 3.05) is 45.0 Å². The molecule has 0 radical (unpaired) electrons. The van der Waals surface area contributed by atoms with Gasteiger partial charge in [0.2, 0.25) is 0 Å². The van der Waals surface area contributed by atoms with Crippen LogP contribution in [0.2, 0.25) is 0 Å². The van der Waals surface area contributed by atoms with Gasteiger partial charge >= 0.3 is 0 Å². The van der Waals surface area contributed by atoms with Crippen molar-refractivity contribution in [2.45, 2.75) is 104 Å². The number of ketones is 1. The van der Waals surface area contributed by atoms with E-state index in [0.29, 0.717) is 74.5 Å². The summed E-state index contributed by atoms with van der Waals surface area (Å²) in [6.45, 7) is 8.95. The predicted octanol–water partition coefficient (Wildman–Crippen LogP) is 6.19. The average Bonchev–Trinajstić information content (AvgIpc) is 3.16. The monoisotopic (exact) mass is 780 g/mol. The second kappa shape index (κ2) is 21.2. The zero-order valence-electron chi connectivity index (χ0n) is 32.5. The van der Waals surface area contributed by atoms with E-state index >= 15 is 0 Å². The first kappa shape index (κ1) is 41.9. The van der Waals surface area contributed by atoms with Crippen LogP contribution in [0.5, 0.6) is 23.0 Å². The molecule has 10 nitrogen and oxygen atoms in total. The third-order valence-corrected chi connectivity index (χ3v) is 13.2. The Kier molecular flexibility index (Phi) is 16.4. The summed E-state index contributed by atoms with van der Waals surface area (Å²) in [5.41, 5.74) is 10.8. The molecule has 296 valence electrons. The number of methoxy groups -OCH3 is 1. The number of guanidine groups is 1. The Morgan fingerprint density at radius 3 is 2.70 bits per heavy atom. The molecule has 3 aliphatic rings. The van der Waals surface area contributed by atoms with Crippen LogP contribution in [0.25, 0.3) is 0 Å². The van der Waals surface area contributed by atoms with Gasteiger partial charge in [-0.2, -0.15) is 0 Å². The number of Topliss-reactive ketones (excluding diaryl/α,β-unsaturated/α-hetero) is 1. The largest absolute Gasteiger partial charge is 0.504 e. The number of aliphatic hydroxyl groups excluding tert-OH is 1. The van der Waals surface area contributed by atoms with E-state index in [-0.39, 0.29) is 42.3 Å². The molecule has 0 fully saturated rings. The number of benzene rings is 2. The summed E-state index contributed by atoms with van der Waals surface area (Å²) >= 11 is 0. The highest BCUT2D eigenvalue weighted by atomic mass is 33.1. The number of hydrogen-bond donors (Lipinski definition) is 5. The van der Waals surface area contributed by atoms with Crippen molar-refractivity contribution in [3.05, 3.63) is 46.0 Å². The van der Waals surface area contributed by atoms with Gasteiger partial charge in [-0.15, -0.1) is 0 Å². The fourth-order valence-electron chi connectivity index (χ4n) is 7.27. The van der Waals surface area contributed by atoms with Gasteiger partial charge in [0, 0.05) is 60.4 Å². The number of rotatable bonds is 11. The Morgan fingerprint density at radius 1 is 1.07 bits per heavy atom. The zero-order chi connectivity index (χ0) is 38.5. The zero-order valence-corrected chi connectivity index (χ0v) is 34.1. The summed E-state index contributed by atoms with van der Waals surface area (Å²) in [5.74, 6) is 11.6. The van der Waals surface area contributed by atoms with Gasteiger partial charge in [0.1, 0.15) is 12.5 Å². The number of aliphatic hydroxyl groups is 1. The number of carbonyl (C=O) groups excluding carboxylic acids is 1. The fraction of sp³-hybridized carbons (Fsp3) is 0.619. The number of phenolic OH excluding ortho intramolecular Hbond substituents is 1. The topological polar surface area (TPSA) is 148 Å². The third-order valence-electron chi connectivity index (χ3n) is 10.7.